The predicted molar refractivity (Wildman–Crippen MR) is 57.8 cm³/mol. The van der Waals surface area contributed by atoms with Gasteiger partial charge in [0.05, 0.1) is 4.92 Å². The van der Waals surface area contributed by atoms with Gasteiger partial charge in [0.2, 0.25) is 0 Å². The number of benzene rings is 1. The van der Waals surface area contributed by atoms with Crippen molar-refractivity contribution < 1.29 is 4.92 Å². The lowest BCUT2D eigenvalue weighted by molar-refractivity contribution is -0.385. The molecule has 0 amide bonds. The van der Waals surface area contributed by atoms with Crippen LogP contribution in [0.2, 0.25) is 0 Å². The van der Waals surface area contributed by atoms with Crippen molar-refractivity contribution in [2.24, 2.45) is 5.92 Å². The largest absolute Gasteiger partial charge is 0.272 e. The molecule has 1 aromatic carbocycles. The van der Waals surface area contributed by atoms with E-state index in [-0.39, 0.29) is 10.6 Å². The summed E-state index contributed by atoms with van der Waals surface area (Å²) in [7, 11) is 0. The van der Waals surface area contributed by atoms with Crippen LogP contribution in [0.4, 0.5) is 5.69 Å². The van der Waals surface area contributed by atoms with Gasteiger partial charge < -0.3 is 0 Å². The number of nitrogens with zero attached hydrogens (tertiary/aromatic N) is 1. The Bertz CT molecular complexity index is 378. The Balaban J connectivity index is 2.41. The van der Waals surface area contributed by atoms with E-state index in [4.69, 9.17) is 0 Å². The molecule has 2 rings (SSSR count). The summed E-state index contributed by atoms with van der Waals surface area (Å²) in [6.07, 6.45) is 1.79. The highest BCUT2D eigenvalue weighted by Crippen LogP contribution is 2.33. The van der Waals surface area contributed by atoms with Gasteiger partial charge in [-0.3, -0.25) is 10.1 Å². The lowest BCUT2D eigenvalue weighted by Gasteiger charge is -2.00. The zero-order valence-corrected chi connectivity index (χ0v) is 9.16. The van der Waals surface area contributed by atoms with E-state index in [1.807, 2.05) is 6.07 Å². The highest BCUT2D eigenvalue weighted by molar-refractivity contribution is 9.09. The fourth-order valence-electron chi connectivity index (χ4n) is 2.00. The molecule has 74 valence electrons. The molecule has 0 radical (unpaired) electrons. The van der Waals surface area contributed by atoms with E-state index in [2.05, 4.69) is 15.9 Å². The van der Waals surface area contributed by atoms with Crippen LogP contribution >= 0.6 is 15.9 Å². The van der Waals surface area contributed by atoms with E-state index >= 15 is 0 Å². The Morgan fingerprint density at radius 2 is 2.29 bits per heavy atom. The minimum absolute atomic E-state index is 0.282. The van der Waals surface area contributed by atoms with Gasteiger partial charge in [0, 0.05) is 17.0 Å². The standard InChI is InChI=1S/C10H10BrNO2/c11-6-7-4-8-2-1-3-10(12(13)14)9(8)5-7/h1-3,7H,4-6H2/t7-/m1/s1. The first-order valence-electron chi connectivity index (χ1n) is 4.53. The number of nitro benzene ring substituents is 1. The van der Waals surface area contributed by atoms with Crippen LogP contribution in [0.25, 0.3) is 0 Å². The van der Waals surface area contributed by atoms with E-state index < -0.39 is 0 Å². The first-order chi connectivity index (χ1) is 6.72. The van der Waals surface area contributed by atoms with Crippen molar-refractivity contribution in [1.82, 2.24) is 0 Å². The van der Waals surface area contributed by atoms with Crippen LogP contribution in [0.5, 0.6) is 0 Å². The molecule has 1 aromatic rings. The Hall–Kier alpha value is -0.900. The predicted octanol–water partition coefficient (Wildman–Crippen LogP) is 2.70. The van der Waals surface area contributed by atoms with Crippen molar-refractivity contribution in [3.05, 3.63) is 39.4 Å². The third-order valence-corrected chi connectivity index (χ3v) is 3.58. The van der Waals surface area contributed by atoms with Crippen LogP contribution in [-0.4, -0.2) is 10.3 Å². The third kappa shape index (κ3) is 1.54. The molecule has 0 aliphatic heterocycles. The fourth-order valence-corrected chi connectivity index (χ4v) is 2.46. The molecule has 1 atom stereocenters. The summed E-state index contributed by atoms with van der Waals surface area (Å²) in [5.41, 5.74) is 2.36. The van der Waals surface area contributed by atoms with E-state index in [1.54, 1.807) is 12.1 Å². The second kappa shape index (κ2) is 3.69. The van der Waals surface area contributed by atoms with Gasteiger partial charge >= 0.3 is 0 Å². The molecule has 0 unspecified atom stereocenters. The fraction of sp³-hybridized carbons (Fsp3) is 0.400. The molecule has 0 N–H and O–H groups in total. The van der Waals surface area contributed by atoms with Crippen LogP contribution < -0.4 is 0 Å². The van der Waals surface area contributed by atoms with Gasteiger partial charge in [0.1, 0.15) is 0 Å². The quantitative estimate of drug-likeness (QED) is 0.464. The van der Waals surface area contributed by atoms with E-state index in [9.17, 15) is 10.1 Å². The minimum Gasteiger partial charge on any atom is -0.258 e. The smallest absolute Gasteiger partial charge is 0.258 e. The normalized spacial score (nSPS) is 19.4. The Morgan fingerprint density at radius 1 is 1.50 bits per heavy atom. The number of alkyl halides is 1. The lowest BCUT2D eigenvalue weighted by Crippen LogP contribution is -2.00. The molecule has 0 spiro atoms. The van der Waals surface area contributed by atoms with Gasteiger partial charge in [-0.15, -0.1) is 0 Å². The summed E-state index contributed by atoms with van der Waals surface area (Å²) in [6, 6.07) is 5.36. The highest BCUT2D eigenvalue weighted by Gasteiger charge is 2.27. The van der Waals surface area contributed by atoms with Crippen LogP contribution in [0, 0.1) is 16.0 Å². The number of rotatable bonds is 2. The molecule has 3 nitrogen and oxygen atoms in total. The van der Waals surface area contributed by atoms with E-state index in [0.717, 1.165) is 29.3 Å². The lowest BCUT2D eigenvalue weighted by atomic mass is 10.1. The number of fused-ring (bicyclic) bond motifs is 1. The molecular weight excluding hydrogens is 246 g/mol. The maximum atomic E-state index is 10.7. The molecule has 0 saturated heterocycles. The summed E-state index contributed by atoms with van der Waals surface area (Å²) >= 11 is 3.43. The molecule has 4 heteroatoms. The molecule has 0 saturated carbocycles. The van der Waals surface area contributed by atoms with Gasteiger partial charge in [-0.1, -0.05) is 28.1 Å². The van der Waals surface area contributed by atoms with Crippen LogP contribution in [0.1, 0.15) is 11.1 Å². The van der Waals surface area contributed by atoms with Crippen LogP contribution in [-0.2, 0) is 12.8 Å². The zero-order chi connectivity index (χ0) is 10.1. The summed E-state index contributed by atoms with van der Waals surface area (Å²) in [4.78, 5) is 10.5. The van der Waals surface area contributed by atoms with Gasteiger partial charge in [0.15, 0.2) is 0 Å². The van der Waals surface area contributed by atoms with Crippen molar-refractivity contribution in [2.75, 3.05) is 5.33 Å². The highest BCUT2D eigenvalue weighted by atomic mass is 79.9. The minimum atomic E-state index is -0.282. The average molecular weight is 256 g/mol. The van der Waals surface area contributed by atoms with Gasteiger partial charge in [-0.05, 0) is 24.3 Å². The van der Waals surface area contributed by atoms with Crippen molar-refractivity contribution >= 4 is 21.6 Å². The third-order valence-electron chi connectivity index (χ3n) is 2.66. The number of halogens is 1. The Morgan fingerprint density at radius 3 is 2.93 bits per heavy atom. The number of hydrogen-bond acceptors (Lipinski definition) is 2. The summed E-state index contributed by atoms with van der Waals surface area (Å²) in [5, 5.41) is 11.7. The second-order valence-corrected chi connectivity index (χ2v) is 4.25. The molecule has 0 bridgehead atoms. The molecule has 0 aromatic heterocycles. The van der Waals surface area contributed by atoms with Crippen molar-refractivity contribution in [1.29, 1.82) is 0 Å². The molecule has 1 aliphatic carbocycles. The monoisotopic (exact) mass is 255 g/mol. The average Bonchev–Trinajstić information content (AvgIpc) is 2.59. The second-order valence-electron chi connectivity index (χ2n) is 3.60. The Labute approximate surface area is 90.4 Å². The van der Waals surface area contributed by atoms with Crippen LogP contribution in [0.15, 0.2) is 18.2 Å². The zero-order valence-electron chi connectivity index (χ0n) is 7.57. The van der Waals surface area contributed by atoms with Crippen molar-refractivity contribution in [2.45, 2.75) is 12.8 Å². The first-order valence-corrected chi connectivity index (χ1v) is 5.65. The number of nitro groups is 1. The summed E-state index contributed by atoms with van der Waals surface area (Å²) in [5.74, 6) is 0.520. The van der Waals surface area contributed by atoms with E-state index in [0.29, 0.717) is 5.92 Å². The van der Waals surface area contributed by atoms with Crippen LogP contribution in [0.3, 0.4) is 0 Å². The Kier molecular flexibility index (Phi) is 2.54. The first kappa shape index (κ1) is 9.65. The molecule has 0 heterocycles. The van der Waals surface area contributed by atoms with E-state index in [1.165, 1.54) is 0 Å². The summed E-state index contributed by atoms with van der Waals surface area (Å²) in [6.45, 7) is 0. The van der Waals surface area contributed by atoms with Gasteiger partial charge in [-0.25, -0.2) is 0 Å². The maximum Gasteiger partial charge on any atom is 0.272 e. The van der Waals surface area contributed by atoms with Crippen molar-refractivity contribution in [3.63, 3.8) is 0 Å². The topological polar surface area (TPSA) is 43.1 Å². The molecule has 0 fully saturated rings. The van der Waals surface area contributed by atoms with Crippen molar-refractivity contribution in [3.8, 4) is 0 Å². The maximum absolute atomic E-state index is 10.7. The summed E-state index contributed by atoms with van der Waals surface area (Å²) < 4.78 is 0. The number of hydrogen-bond donors (Lipinski definition) is 0. The SMILES string of the molecule is O=[N+]([O-])c1cccc2c1C[C@H](CBr)C2. The molecule has 14 heavy (non-hydrogen) atoms. The van der Waals surface area contributed by atoms with Gasteiger partial charge in [-0.2, -0.15) is 0 Å². The van der Waals surface area contributed by atoms with Gasteiger partial charge in [0.25, 0.3) is 5.69 Å². The molecular formula is C10H10BrNO2. The molecule has 1 aliphatic rings.